The zero-order valence-electron chi connectivity index (χ0n) is 8.04. The maximum Gasteiger partial charge on any atom is 0.418 e. The number of hydrogen-bond acceptors (Lipinski definition) is 3. The first-order valence-electron chi connectivity index (χ1n) is 4.18. The van der Waals surface area contributed by atoms with E-state index in [2.05, 4.69) is 4.74 Å². The molecule has 0 spiro atoms. The Morgan fingerprint density at radius 2 is 2.00 bits per heavy atom. The van der Waals surface area contributed by atoms with Crippen LogP contribution in [0.15, 0.2) is 18.2 Å². The topological polar surface area (TPSA) is 78.3 Å². The number of nitrogens with two attached hydrogens (primary N) is 2. The first-order chi connectivity index (χ1) is 7.30. The van der Waals surface area contributed by atoms with Gasteiger partial charge in [-0.15, -0.1) is 0 Å². The molecule has 0 aliphatic carbocycles. The molecule has 1 aromatic carbocycles. The van der Waals surface area contributed by atoms with Gasteiger partial charge in [0.25, 0.3) is 0 Å². The van der Waals surface area contributed by atoms with E-state index in [-0.39, 0.29) is 6.61 Å². The highest BCUT2D eigenvalue weighted by molar-refractivity contribution is 5.64. The monoisotopic (exact) mass is 234 g/mol. The van der Waals surface area contributed by atoms with Gasteiger partial charge in [-0.2, -0.15) is 13.2 Å². The lowest BCUT2D eigenvalue weighted by Crippen LogP contribution is -2.13. The number of nitrogen functional groups attached to an aromatic ring is 1. The first-order valence-corrected chi connectivity index (χ1v) is 4.18. The molecule has 0 unspecified atom stereocenters. The Morgan fingerprint density at radius 1 is 1.38 bits per heavy atom. The highest BCUT2D eigenvalue weighted by atomic mass is 19.4. The number of carbonyl (C=O) groups is 1. The molecule has 88 valence electrons. The molecule has 0 bridgehead atoms. The quantitative estimate of drug-likeness (QED) is 0.767. The number of benzene rings is 1. The molecule has 4 nitrogen and oxygen atoms in total. The number of ether oxygens (including phenoxy) is 1. The van der Waals surface area contributed by atoms with Crippen molar-refractivity contribution in [3.63, 3.8) is 0 Å². The molecule has 1 rings (SSSR count). The van der Waals surface area contributed by atoms with Crippen molar-refractivity contribution in [2.24, 2.45) is 5.73 Å². The van der Waals surface area contributed by atoms with Gasteiger partial charge < -0.3 is 16.2 Å². The molecule has 0 radical (unpaired) electrons. The van der Waals surface area contributed by atoms with Gasteiger partial charge in [0.2, 0.25) is 0 Å². The van der Waals surface area contributed by atoms with Crippen LogP contribution in [-0.4, -0.2) is 6.09 Å². The number of hydrogen-bond donors (Lipinski definition) is 2. The molecule has 16 heavy (non-hydrogen) atoms. The SMILES string of the molecule is NC(=O)OCc1ccc(C(F)(F)F)c(N)c1. The standard InChI is InChI=1S/C9H9F3N2O2/c10-9(11,12)6-2-1-5(3-7(6)13)4-16-8(14)15/h1-3H,4,13H2,(H2,14,15). The van der Waals surface area contributed by atoms with Crippen LogP contribution in [0.3, 0.4) is 0 Å². The minimum absolute atomic E-state index is 0.211. The number of rotatable bonds is 2. The molecule has 0 heterocycles. The van der Waals surface area contributed by atoms with E-state index >= 15 is 0 Å². The predicted molar refractivity (Wildman–Crippen MR) is 50.2 cm³/mol. The van der Waals surface area contributed by atoms with Gasteiger partial charge in [0, 0.05) is 5.69 Å². The summed E-state index contributed by atoms with van der Waals surface area (Å²) in [5.74, 6) is 0. The largest absolute Gasteiger partial charge is 0.445 e. The lowest BCUT2D eigenvalue weighted by Gasteiger charge is -2.11. The van der Waals surface area contributed by atoms with Gasteiger partial charge in [-0.1, -0.05) is 6.07 Å². The third-order valence-corrected chi connectivity index (χ3v) is 1.80. The average Bonchev–Trinajstić information content (AvgIpc) is 2.12. The molecule has 0 saturated carbocycles. The molecule has 7 heteroatoms. The second-order valence-corrected chi connectivity index (χ2v) is 3.03. The van der Waals surface area contributed by atoms with E-state index in [1.165, 1.54) is 6.07 Å². The fourth-order valence-corrected chi connectivity index (χ4v) is 1.11. The number of anilines is 1. The summed E-state index contributed by atoms with van der Waals surface area (Å²) in [5, 5.41) is 0. The number of amides is 1. The van der Waals surface area contributed by atoms with Crippen LogP contribution in [0.5, 0.6) is 0 Å². The van der Waals surface area contributed by atoms with Gasteiger partial charge in [-0.3, -0.25) is 0 Å². The number of primary amides is 1. The third kappa shape index (κ3) is 3.04. The summed E-state index contributed by atoms with van der Waals surface area (Å²) < 4.78 is 41.3. The number of alkyl halides is 3. The summed E-state index contributed by atoms with van der Waals surface area (Å²) in [6.45, 7) is -0.211. The van der Waals surface area contributed by atoms with Crippen LogP contribution in [0, 0.1) is 0 Å². The van der Waals surface area contributed by atoms with Gasteiger partial charge in [0.15, 0.2) is 0 Å². The molecule has 1 amide bonds. The Hall–Kier alpha value is -1.92. The molecule has 1 aromatic rings. The smallest absolute Gasteiger partial charge is 0.418 e. The number of carbonyl (C=O) groups excluding carboxylic acids is 1. The van der Waals surface area contributed by atoms with E-state index in [4.69, 9.17) is 11.5 Å². The van der Waals surface area contributed by atoms with Crippen molar-refractivity contribution in [2.75, 3.05) is 5.73 Å². The third-order valence-electron chi connectivity index (χ3n) is 1.80. The van der Waals surface area contributed by atoms with Gasteiger partial charge in [-0.25, -0.2) is 4.79 Å². The number of halogens is 3. The first kappa shape index (κ1) is 12.2. The Balaban J connectivity index is 2.87. The van der Waals surface area contributed by atoms with Crippen LogP contribution in [0.4, 0.5) is 23.7 Å². The zero-order chi connectivity index (χ0) is 12.3. The average molecular weight is 234 g/mol. The summed E-state index contributed by atoms with van der Waals surface area (Å²) in [5.41, 5.74) is 8.93. The molecule has 0 atom stereocenters. The van der Waals surface area contributed by atoms with E-state index in [1.54, 1.807) is 0 Å². The molecular weight excluding hydrogens is 225 g/mol. The molecule has 0 saturated heterocycles. The second-order valence-electron chi connectivity index (χ2n) is 3.03. The van der Waals surface area contributed by atoms with Crippen LogP contribution >= 0.6 is 0 Å². The van der Waals surface area contributed by atoms with Crippen molar-refractivity contribution in [2.45, 2.75) is 12.8 Å². The second kappa shape index (κ2) is 4.30. The summed E-state index contributed by atoms with van der Waals surface area (Å²) >= 11 is 0. The van der Waals surface area contributed by atoms with Gasteiger partial charge >= 0.3 is 12.3 Å². The highest BCUT2D eigenvalue weighted by Gasteiger charge is 2.32. The van der Waals surface area contributed by atoms with Crippen molar-refractivity contribution >= 4 is 11.8 Å². The van der Waals surface area contributed by atoms with Crippen molar-refractivity contribution in [1.29, 1.82) is 0 Å². The van der Waals surface area contributed by atoms with Crippen LogP contribution in [0.1, 0.15) is 11.1 Å². The van der Waals surface area contributed by atoms with Crippen LogP contribution in [0.2, 0.25) is 0 Å². The Labute approximate surface area is 89.0 Å². The summed E-state index contributed by atoms with van der Waals surface area (Å²) in [4.78, 5) is 10.3. The van der Waals surface area contributed by atoms with Crippen LogP contribution < -0.4 is 11.5 Å². The van der Waals surface area contributed by atoms with Crippen molar-refractivity contribution < 1.29 is 22.7 Å². The summed E-state index contributed by atoms with van der Waals surface area (Å²) in [6.07, 6.45) is -5.49. The summed E-state index contributed by atoms with van der Waals surface area (Å²) in [7, 11) is 0. The van der Waals surface area contributed by atoms with E-state index in [0.717, 1.165) is 12.1 Å². The fraction of sp³-hybridized carbons (Fsp3) is 0.222. The Morgan fingerprint density at radius 3 is 2.44 bits per heavy atom. The molecule has 4 N–H and O–H groups in total. The van der Waals surface area contributed by atoms with Crippen LogP contribution in [-0.2, 0) is 17.5 Å². The highest BCUT2D eigenvalue weighted by Crippen LogP contribution is 2.33. The molecule has 0 fully saturated rings. The van der Waals surface area contributed by atoms with Crippen molar-refractivity contribution in [3.8, 4) is 0 Å². The normalized spacial score (nSPS) is 11.2. The van der Waals surface area contributed by atoms with Gasteiger partial charge in [0.1, 0.15) is 6.61 Å². The van der Waals surface area contributed by atoms with Crippen molar-refractivity contribution in [1.82, 2.24) is 0 Å². The maximum atomic E-state index is 12.3. The lowest BCUT2D eigenvalue weighted by atomic mass is 10.1. The predicted octanol–water partition coefficient (Wildman–Crippen LogP) is 1.88. The summed E-state index contributed by atoms with van der Waals surface area (Å²) in [6, 6.07) is 3.09. The minimum atomic E-state index is -4.49. The fourth-order valence-electron chi connectivity index (χ4n) is 1.11. The van der Waals surface area contributed by atoms with E-state index in [0.29, 0.717) is 5.56 Å². The molecule has 0 aliphatic rings. The Bertz CT molecular complexity index is 404. The molecule has 0 aliphatic heterocycles. The Kier molecular flexibility index (Phi) is 3.26. The van der Waals surface area contributed by atoms with E-state index in [9.17, 15) is 18.0 Å². The van der Waals surface area contributed by atoms with E-state index in [1.807, 2.05) is 0 Å². The van der Waals surface area contributed by atoms with Crippen LogP contribution in [0.25, 0.3) is 0 Å². The van der Waals surface area contributed by atoms with Gasteiger partial charge in [0.05, 0.1) is 5.56 Å². The van der Waals surface area contributed by atoms with Gasteiger partial charge in [-0.05, 0) is 17.7 Å². The molecular formula is C9H9F3N2O2. The minimum Gasteiger partial charge on any atom is -0.445 e. The maximum absolute atomic E-state index is 12.3. The lowest BCUT2D eigenvalue weighted by molar-refractivity contribution is -0.136. The van der Waals surface area contributed by atoms with Crippen molar-refractivity contribution in [3.05, 3.63) is 29.3 Å². The zero-order valence-corrected chi connectivity index (χ0v) is 8.04. The molecule has 0 aromatic heterocycles. The van der Waals surface area contributed by atoms with E-state index < -0.39 is 23.5 Å².